The van der Waals surface area contributed by atoms with E-state index in [-0.39, 0.29) is 0 Å². The Morgan fingerprint density at radius 3 is 2.57 bits per heavy atom. The minimum atomic E-state index is -0.803. The van der Waals surface area contributed by atoms with Crippen molar-refractivity contribution in [2.75, 3.05) is 0 Å². The number of fused-ring (bicyclic) bond motifs is 1. The highest BCUT2D eigenvalue weighted by atomic mass is 16.3. The van der Waals surface area contributed by atoms with Gasteiger partial charge in [-0.15, -0.1) is 0 Å². The van der Waals surface area contributed by atoms with Crippen LogP contribution in [-0.2, 0) is 25.5 Å². The predicted molar refractivity (Wildman–Crippen MR) is 55.1 cm³/mol. The van der Waals surface area contributed by atoms with Crippen LogP contribution in [0.1, 0.15) is 43.6 Å². The lowest BCUT2D eigenvalue weighted by atomic mass is 9.91. The lowest BCUT2D eigenvalue weighted by molar-refractivity contribution is 0.0722. The molecule has 0 unspecified atom stereocenters. The van der Waals surface area contributed by atoms with Gasteiger partial charge in [-0.3, -0.25) is 4.68 Å². The fourth-order valence-corrected chi connectivity index (χ4v) is 2.26. The van der Waals surface area contributed by atoms with E-state index < -0.39 is 5.60 Å². The van der Waals surface area contributed by atoms with E-state index in [9.17, 15) is 5.11 Å². The number of rotatable bonds is 1. The maximum absolute atomic E-state index is 9.98. The number of nitrogens with zero attached hydrogens (tertiary/aromatic N) is 2. The van der Waals surface area contributed by atoms with E-state index in [0.717, 1.165) is 18.5 Å². The molecule has 2 rings (SSSR count). The lowest BCUT2D eigenvalue weighted by Gasteiger charge is -2.18. The van der Waals surface area contributed by atoms with E-state index in [1.54, 1.807) is 0 Å². The highest BCUT2D eigenvalue weighted by Gasteiger charge is 2.28. The van der Waals surface area contributed by atoms with Gasteiger partial charge in [-0.1, -0.05) is 0 Å². The van der Waals surface area contributed by atoms with E-state index in [1.807, 2.05) is 25.6 Å². The minimum Gasteiger partial charge on any atom is -0.384 e. The summed E-state index contributed by atoms with van der Waals surface area (Å²) in [6.07, 6.45) is 4.65. The van der Waals surface area contributed by atoms with Gasteiger partial charge in [0.1, 0.15) is 5.60 Å². The molecule has 1 heterocycles. The summed E-state index contributed by atoms with van der Waals surface area (Å²) in [5, 5.41) is 14.4. The summed E-state index contributed by atoms with van der Waals surface area (Å²) in [5.41, 5.74) is 2.66. The molecule has 1 aromatic heterocycles. The van der Waals surface area contributed by atoms with Crippen molar-refractivity contribution in [1.29, 1.82) is 0 Å². The number of hydrogen-bond acceptors (Lipinski definition) is 2. The van der Waals surface area contributed by atoms with Crippen molar-refractivity contribution in [2.45, 2.75) is 45.1 Å². The SMILES string of the molecule is Cn1nc(C(C)(C)O)c2c1CCCC2. The average molecular weight is 194 g/mol. The predicted octanol–water partition coefficient (Wildman–Crippen LogP) is 1.53. The molecule has 1 aromatic rings. The molecule has 0 spiro atoms. The van der Waals surface area contributed by atoms with Gasteiger partial charge in [0.05, 0.1) is 5.69 Å². The van der Waals surface area contributed by atoms with Gasteiger partial charge in [-0.25, -0.2) is 0 Å². The van der Waals surface area contributed by atoms with Gasteiger partial charge in [0.15, 0.2) is 0 Å². The Morgan fingerprint density at radius 1 is 1.29 bits per heavy atom. The highest BCUT2D eigenvalue weighted by molar-refractivity contribution is 5.31. The van der Waals surface area contributed by atoms with Crippen LogP contribution in [0.2, 0.25) is 0 Å². The number of aliphatic hydroxyl groups is 1. The Hall–Kier alpha value is -0.830. The molecular formula is C11H18N2O. The standard InChI is InChI=1S/C11H18N2O/c1-11(2,14)10-8-6-4-5-7-9(8)13(3)12-10/h14H,4-7H2,1-3H3. The van der Waals surface area contributed by atoms with Gasteiger partial charge < -0.3 is 5.11 Å². The molecule has 0 aromatic carbocycles. The molecule has 0 amide bonds. The molecule has 0 aliphatic heterocycles. The second-order valence-corrected chi connectivity index (χ2v) is 4.66. The van der Waals surface area contributed by atoms with Crippen LogP contribution in [0.4, 0.5) is 0 Å². The molecule has 1 N–H and O–H groups in total. The summed E-state index contributed by atoms with van der Waals surface area (Å²) in [6.45, 7) is 3.62. The number of aryl methyl sites for hydroxylation is 1. The summed E-state index contributed by atoms with van der Waals surface area (Å²) >= 11 is 0. The van der Waals surface area contributed by atoms with Crippen molar-refractivity contribution in [2.24, 2.45) is 7.05 Å². The Bertz CT molecular complexity index is 347. The first kappa shape index (κ1) is 9.71. The molecule has 0 radical (unpaired) electrons. The summed E-state index contributed by atoms with van der Waals surface area (Å²) in [6, 6.07) is 0. The Balaban J connectivity index is 2.52. The van der Waals surface area contributed by atoms with Crippen molar-refractivity contribution in [3.05, 3.63) is 17.0 Å². The quantitative estimate of drug-likeness (QED) is 0.736. The second-order valence-electron chi connectivity index (χ2n) is 4.66. The van der Waals surface area contributed by atoms with Crippen molar-refractivity contribution in [1.82, 2.24) is 9.78 Å². The molecule has 1 aliphatic rings. The monoisotopic (exact) mass is 194 g/mol. The van der Waals surface area contributed by atoms with E-state index in [1.165, 1.54) is 24.1 Å². The molecule has 0 bridgehead atoms. The maximum atomic E-state index is 9.98. The van der Waals surface area contributed by atoms with Crippen LogP contribution in [0.5, 0.6) is 0 Å². The van der Waals surface area contributed by atoms with E-state index >= 15 is 0 Å². The molecule has 0 saturated heterocycles. The van der Waals surface area contributed by atoms with Crippen LogP contribution < -0.4 is 0 Å². The van der Waals surface area contributed by atoms with Gasteiger partial charge in [-0.2, -0.15) is 5.10 Å². The molecule has 0 fully saturated rings. The zero-order valence-electron chi connectivity index (χ0n) is 9.17. The molecule has 3 nitrogen and oxygen atoms in total. The van der Waals surface area contributed by atoms with E-state index in [0.29, 0.717) is 0 Å². The van der Waals surface area contributed by atoms with Crippen LogP contribution >= 0.6 is 0 Å². The van der Waals surface area contributed by atoms with Gasteiger partial charge in [0.2, 0.25) is 0 Å². The first-order valence-corrected chi connectivity index (χ1v) is 5.28. The van der Waals surface area contributed by atoms with Crippen LogP contribution in [0.15, 0.2) is 0 Å². The van der Waals surface area contributed by atoms with Crippen LogP contribution in [0.25, 0.3) is 0 Å². The average Bonchev–Trinajstić information content (AvgIpc) is 2.44. The maximum Gasteiger partial charge on any atom is 0.103 e. The molecule has 78 valence electrons. The van der Waals surface area contributed by atoms with Crippen molar-refractivity contribution in [3.8, 4) is 0 Å². The summed E-state index contributed by atoms with van der Waals surface area (Å²) in [5.74, 6) is 0. The number of hydrogen-bond donors (Lipinski definition) is 1. The third kappa shape index (κ3) is 1.46. The smallest absolute Gasteiger partial charge is 0.103 e. The third-order valence-corrected chi connectivity index (χ3v) is 2.94. The fraction of sp³-hybridized carbons (Fsp3) is 0.727. The molecule has 14 heavy (non-hydrogen) atoms. The minimum absolute atomic E-state index is 0.803. The summed E-state index contributed by atoms with van der Waals surface area (Å²) < 4.78 is 1.93. The van der Waals surface area contributed by atoms with Crippen molar-refractivity contribution < 1.29 is 5.11 Å². The van der Waals surface area contributed by atoms with Crippen molar-refractivity contribution >= 4 is 0 Å². The Labute approximate surface area is 84.7 Å². The molecule has 0 saturated carbocycles. The van der Waals surface area contributed by atoms with Gasteiger partial charge in [0.25, 0.3) is 0 Å². The zero-order valence-corrected chi connectivity index (χ0v) is 9.17. The molecule has 0 atom stereocenters. The second kappa shape index (κ2) is 3.09. The zero-order chi connectivity index (χ0) is 10.3. The first-order valence-electron chi connectivity index (χ1n) is 5.28. The normalized spacial score (nSPS) is 16.9. The van der Waals surface area contributed by atoms with Crippen LogP contribution in [0, 0.1) is 0 Å². The van der Waals surface area contributed by atoms with E-state index in [4.69, 9.17) is 0 Å². The van der Waals surface area contributed by atoms with Crippen LogP contribution in [-0.4, -0.2) is 14.9 Å². The molecular weight excluding hydrogens is 176 g/mol. The fourth-order valence-electron chi connectivity index (χ4n) is 2.26. The lowest BCUT2D eigenvalue weighted by Crippen LogP contribution is -2.19. The van der Waals surface area contributed by atoms with Gasteiger partial charge in [0, 0.05) is 12.7 Å². The highest BCUT2D eigenvalue weighted by Crippen LogP contribution is 2.30. The molecule has 1 aliphatic carbocycles. The Morgan fingerprint density at radius 2 is 1.93 bits per heavy atom. The third-order valence-electron chi connectivity index (χ3n) is 2.94. The first-order chi connectivity index (χ1) is 6.50. The van der Waals surface area contributed by atoms with E-state index in [2.05, 4.69) is 5.10 Å². The van der Waals surface area contributed by atoms with Crippen LogP contribution in [0.3, 0.4) is 0 Å². The van der Waals surface area contributed by atoms with Crippen molar-refractivity contribution in [3.63, 3.8) is 0 Å². The summed E-state index contributed by atoms with van der Waals surface area (Å²) in [7, 11) is 1.97. The van der Waals surface area contributed by atoms with Gasteiger partial charge in [-0.05, 0) is 45.1 Å². The Kier molecular flexibility index (Phi) is 2.14. The summed E-state index contributed by atoms with van der Waals surface area (Å²) in [4.78, 5) is 0. The largest absolute Gasteiger partial charge is 0.384 e. The van der Waals surface area contributed by atoms with Gasteiger partial charge >= 0.3 is 0 Å². The molecule has 3 heteroatoms. The number of aromatic nitrogens is 2. The topological polar surface area (TPSA) is 38.0 Å².